The number of imide groups is 1. The summed E-state index contributed by atoms with van der Waals surface area (Å²) in [6.45, 7) is 3.73. The largest absolute Gasteiger partial charge is 0.505 e. The van der Waals surface area contributed by atoms with E-state index in [1.165, 1.54) is 23.1 Å². The number of ketones is 2. The lowest BCUT2D eigenvalue weighted by molar-refractivity contribution is -0.123. The van der Waals surface area contributed by atoms with Gasteiger partial charge in [-0.2, -0.15) is 0 Å². The van der Waals surface area contributed by atoms with Gasteiger partial charge in [-0.25, -0.2) is 4.39 Å². The van der Waals surface area contributed by atoms with Crippen molar-refractivity contribution >= 4 is 51.1 Å². The highest BCUT2D eigenvalue weighted by molar-refractivity contribution is 9.12. The number of benzene rings is 2. The quantitative estimate of drug-likeness (QED) is 0.312. The highest BCUT2D eigenvalue weighted by Gasteiger charge is 2.56. The first kappa shape index (κ1) is 24.4. The summed E-state index contributed by atoms with van der Waals surface area (Å²) in [5.74, 6) is -5.43. The third-order valence-corrected chi connectivity index (χ3v) is 8.61. The number of carbonyl (C=O) groups is 4. The van der Waals surface area contributed by atoms with Gasteiger partial charge in [-0.3, -0.25) is 24.1 Å². The summed E-state index contributed by atoms with van der Waals surface area (Å²) in [4.78, 5) is 55.0. The van der Waals surface area contributed by atoms with Gasteiger partial charge in [0.1, 0.15) is 0 Å². The minimum atomic E-state index is -0.853. The minimum Gasteiger partial charge on any atom is -0.505 e. The Morgan fingerprint density at radius 3 is 2.45 bits per heavy atom. The van der Waals surface area contributed by atoms with Crippen molar-refractivity contribution in [2.45, 2.75) is 18.8 Å². The number of carbonyl (C=O) groups excluding carboxylic acids is 4. The molecule has 0 aromatic heterocycles. The summed E-state index contributed by atoms with van der Waals surface area (Å²) < 4.78 is 14.6. The van der Waals surface area contributed by atoms with Gasteiger partial charge >= 0.3 is 0 Å². The average molecular weight is 574 g/mol. The number of phenolic OH excluding ortho intramolecular Hbond substituents is 1. The van der Waals surface area contributed by atoms with Crippen LogP contribution in [0, 0.1) is 23.6 Å². The standard InChI is InChI=1S/C30H21BrFNO5/c1-2-14-3-6-16(7-4-14)33-29(37)18-9-8-17-19(26(18)30(33)38)12-20-27(24(35)13-21(31)28(20)36)25(17)15-5-10-23(34)22(32)11-15/h2-8,10-11,13,18-19,25-26,34H,1,9,12H2. The van der Waals surface area contributed by atoms with Crippen LogP contribution in [0.25, 0.3) is 6.08 Å². The molecule has 4 aliphatic rings. The molecule has 3 aliphatic carbocycles. The van der Waals surface area contributed by atoms with E-state index in [0.29, 0.717) is 16.8 Å². The van der Waals surface area contributed by atoms with Crippen molar-refractivity contribution in [3.8, 4) is 5.75 Å². The molecular weight excluding hydrogens is 553 g/mol. The van der Waals surface area contributed by atoms with Crippen LogP contribution in [-0.2, 0) is 19.2 Å². The molecule has 0 spiro atoms. The zero-order chi connectivity index (χ0) is 26.9. The number of Topliss-reactive ketones (excluding diaryl/α,β-unsaturated/α-hetero) is 1. The normalized spacial score (nSPS) is 26.5. The van der Waals surface area contributed by atoms with Gasteiger partial charge in [-0.1, -0.05) is 42.5 Å². The number of aromatic hydroxyl groups is 1. The lowest BCUT2D eigenvalue weighted by atomic mass is 9.59. The highest BCUT2D eigenvalue weighted by Crippen LogP contribution is 2.55. The average Bonchev–Trinajstić information content (AvgIpc) is 3.17. The SMILES string of the molecule is C=Cc1ccc(N2C(=O)C3CC=C4C(c5ccc(O)c(F)c5)C5=C(CC4C3C2=O)C(=O)C(Br)=CC5=O)cc1. The third-order valence-electron chi connectivity index (χ3n) is 8.02. The Morgan fingerprint density at radius 1 is 1.03 bits per heavy atom. The van der Waals surface area contributed by atoms with Gasteiger partial charge in [0, 0.05) is 23.1 Å². The smallest absolute Gasteiger partial charge is 0.238 e. The van der Waals surface area contributed by atoms with Crippen LogP contribution in [0.5, 0.6) is 5.75 Å². The van der Waals surface area contributed by atoms with E-state index < -0.39 is 35.2 Å². The van der Waals surface area contributed by atoms with E-state index in [1.54, 1.807) is 30.3 Å². The van der Waals surface area contributed by atoms with Crippen LogP contribution in [0.3, 0.4) is 0 Å². The molecule has 38 heavy (non-hydrogen) atoms. The van der Waals surface area contributed by atoms with E-state index >= 15 is 0 Å². The van der Waals surface area contributed by atoms with Crippen molar-refractivity contribution in [1.82, 2.24) is 0 Å². The number of nitrogens with zero attached hydrogens (tertiary/aromatic N) is 1. The molecule has 1 saturated heterocycles. The van der Waals surface area contributed by atoms with Gasteiger partial charge in [0.05, 0.1) is 22.0 Å². The predicted octanol–water partition coefficient (Wildman–Crippen LogP) is 5.14. The van der Waals surface area contributed by atoms with Gasteiger partial charge in [0.15, 0.2) is 23.1 Å². The van der Waals surface area contributed by atoms with Crippen LogP contribution < -0.4 is 4.90 Å². The fourth-order valence-corrected chi connectivity index (χ4v) is 6.75. The van der Waals surface area contributed by atoms with Crippen molar-refractivity contribution in [3.05, 3.63) is 99.3 Å². The molecule has 0 bridgehead atoms. The zero-order valence-electron chi connectivity index (χ0n) is 20.0. The van der Waals surface area contributed by atoms with Crippen LogP contribution >= 0.6 is 15.9 Å². The Bertz CT molecular complexity index is 1570. The summed E-state index contributed by atoms with van der Waals surface area (Å²) in [6, 6.07) is 10.8. The first-order valence-corrected chi connectivity index (χ1v) is 13.0. The Morgan fingerprint density at radius 2 is 1.76 bits per heavy atom. The molecule has 1 fully saturated rings. The maximum absolute atomic E-state index is 14.5. The van der Waals surface area contributed by atoms with E-state index in [9.17, 15) is 28.7 Å². The molecule has 6 nitrogen and oxygen atoms in total. The van der Waals surface area contributed by atoms with Gasteiger partial charge in [-0.15, -0.1) is 0 Å². The molecule has 4 atom stereocenters. The molecule has 0 radical (unpaired) electrons. The summed E-state index contributed by atoms with van der Waals surface area (Å²) >= 11 is 3.18. The van der Waals surface area contributed by atoms with Crippen molar-refractivity contribution in [2.24, 2.45) is 17.8 Å². The van der Waals surface area contributed by atoms with Crippen LogP contribution in [0.15, 0.2) is 82.4 Å². The van der Waals surface area contributed by atoms with Gasteiger partial charge < -0.3 is 5.11 Å². The number of anilines is 1. The topological polar surface area (TPSA) is 91.8 Å². The van der Waals surface area contributed by atoms with E-state index in [2.05, 4.69) is 22.5 Å². The molecule has 4 unspecified atom stereocenters. The number of halogens is 2. The molecule has 8 heteroatoms. The molecule has 190 valence electrons. The number of hydrogen-bond donors (Lipinski definition) is 1. The number of amides is 2. The number of rotatable bonds is 3. The molecule has 2 aromatic rings. The maximum Gasteiger partial charge on any atom is 0.238 e. The zero-order valence-corrected chi connectivity index (χ0v) is 21.6. The number of phenols is 1. The fourth-order valence-electron chi connectivity index (χ4n) is 6.30. The third kappa shape index (κ3) is 3.50. The van der Waals surface area contributed by atoms with Crippen LogP contribution in [0.4, 0.5) is 10.1 Å². The Hall–Kier alpha value is -3.91. The second-order valence-electron chi connectivity index (χ2n) is 9.91. The molecule has 2 amide bonds. The summed E-state index contributed by atoms with van der Waals surface area (Å²) in [6.07, 6.45) is 5.16. The first-order chi connectivity index (χ1) is 18.2. The van der Waals surface area contributed by atoms with Gasteiger partial charge in [0.25, 0.3) is 0 Å². The Kier molecular flexibility index (Phi) is 5.68. The number of fused-ring (bicyclic) bond motifs is 3. The second kappa shape index (κ2) is 8.84. The number of allylic oxidation sites excluding steroid dienone is 6. The van der Waals surface area contributed by atoms with Gasteiger partial charge in [0.2, 0.25) is 11.8 Å². The molecule has 1 heterocycles. The second-order valence-corrected chi connectivity index (χ2v) is 10.8. The summed E-state index contributed by atoms with van der Waals surface area (Å²) in [5.41, 5.74) is 2.93. The Labute approximate surface area is 226 Å². The summed E-state index contributed by atoms with van der Waals surface area (Å²) in [7, 11) is 0. The molecule has 1 aliphatic heterocycles. The molecule has 1 N–H and O–H groups in total. The van der Waals surface area contributed by atoms with Crippen molar-refractivity contribution < 1.29 is 28.7 Å². The molecule has 0 saturated carbocycles. The van der Waals surface area contributed by atoms with E-state index in [1.807, 2.05) is 6.08 Å². The van der Waals surface area contributed by atoms with Crippen molar-refractivity contribution in [3.63, 3.8) is 0 Å². The molecule has 2 aromatic carbocycles. The monoisotopic (exact) mass is 573 g/mol. The van der Waals surface area contributed by atoms with Crippen molar-refractivity contribution in [1.29, 1.82) is 0 Å². The Balaban J connectivity index is 1.47. The van der Waals surface area contributed by atoms with E-state index in [-0.39, 0.29) is 51.9 Å². The van der Waals surface area contributed by atoms with E-state index in [0.717, 1.165) is 11.6 Å². The molecule has 6 rings (SSSR count). The predicted molar refractivity (Wildman–Crippen MR) is 142 cm³/mol. The molecular formula is C30H21BrFNO5. The van der Waals surface area contributed by atoms with Crippen molar-refractivity contribution in [2.75, 3.05) is 4.90 Å². The lowest BCUT2D eigenvalue weighted by Crippen LogP contribution is -2.39. The summed E-state index contributed by atoms with van der Waals surface area (Å²) in [5, 5.41) is 9.76. The highest BCUT2D eigenvalue weighted by atomic mass is 79.9. The van der Waals surface area contributed by atoms with Gasteiger partial charge in [-0.05, 0) is 70.1 Å². The van der Waals surface area contributed by atoms with E-state index in [4.69, 9.17) is 0 Å². The maximum atomic E-state index is 14.5. The van der Waals surface area contributed by atoms with Crippen LogP contribution in [0.2, 0.25) is 0 Å². The minimum absolute atomic E-state index is 0.120. The fraction of sp³-hybridized carbons (Fsp3) is 0.200. The lowest BCUT2D eigenvalue weighted by Gasteiger charge is -2.42. The first-order valence-electron chi connectivity index (χ1n) is 12.2. The van der Waals surface area contributed by atoms with Crippen LogP contribution in [-0.4, -0.2) is 28.5 Å². The van der Waals surface area contributed by atoms with Crippen LogP contribution in [0.1, 0.15) is 29.9 Å². The number of hydrogen-bond acceptors (Lipinski definition) is 5.